The predicted octanol–water partition coefficient (Wildman–Crippen LogP) is 3.80. The number of nitrogens with one attached hydrogen (secondary N) is 1. The third kappa shape index (κ3) is 4.16. The number of urea groups is 1. The average molecular weight is 400 g/mol. The second-order valence-electron chi connectivity index (χ2n) is 8.53. The number of hydrogen-bond donors (Lipinski definition) is 1. The molecule has 0 aromatic heterocycles. The molecule has 4 amide bonds. The van der Waals surface area contributed by atoms with Crippen LogP contribution in [0.15, 0.2) is 30.3 Å². The topological polar surface area (TPSA) is 69.7 Å². The lowest BCUT2D eigenvalue weighted by molar-refractivity contribution is -0.142. The molecule has 1 aromatic carbocycles. The van der Waals surface area contributed by atoms with Crippen molar-refractivity contribution in [3.63, 3.8) is 0 Å². The Morgan fingerprint density at radius 2 is 1.83 bits per heavy atom. The van der Waals surface area contributed by atoms with Crippen LogP contribution < -0.4 is 5.32 Å². The fourth-order valence-corrected chi connectivity index (χ4v) is 4.87. The molecule has 29 heavy (non-hydrogen) atoms. The maximum atomic E-state index is 13.4. The van der Waals surface area contributed by atoms with Crippen molar-refractivity contribution in [2.45, 2.75) is 83.3 Å². The minimum atomic E-state index is -1.08. The minimum Gasteiger partial charge on any atom is -0.336 e. The molecule has 2 fully saturated rings. The van der Waals surface area contributed by atoms with E-state index in [4.69, 9.17) is 0 Å². The Labute approximate surface area is 173 Å². The third-order valence-corrected chi connectivity index (χ3v) is 6.17. The van der Waals surface area contributed by atoms with Crippen molar-refractivity contribution < 1.29 is 14.4 Å². The minimum absolute atomic E-state index is 0.0425. The van der Waals surface area contributed by atoms with Crippen LogP contribution in [-0.4, -0.2) is 46.3 Å². The number of nitrogens with zero attached hydrogens (tertiary/aromatic N) is 2. The van der Waals surface area contributed by atoms with Crippen LogP contribution in [0.25, 0.3) is 0 Å². The standard InChI is InChI=1S/C23H33N3O3/c1-4-15-23(18-11-7-5-8-12-18)21(28)25(22(29)24-23)16-20(27)26(17(2)3)19-13-9-6-10-14-19/h5,7-8,11-12,17,19H,4,6,9-10,13-16H2,1-3H3,(H,24,29)/t23-/m0/s1. The van der Waals surface area contributed by atoms with Gasteiger partial charge in [0.1, 0.15) is 12.1 Å². The van der Waals surface area contributed by atoms with Crippen LogP contribution in [-0.2, 0) is 15.1 Å². The second-order valence-corrected chi connectivity index (χ2v) is 8.53. The maximum absolute atomic E-state index is 13.4. The van der Waals surface area contributed by atoms with E-state index in [9.17, 15) is 14.4 Å². The molecule has 1 aromatic rings. The Hall–Kier alpha value is -2.37. The van der Waals surface area contributed by atoms with E-state index >= 15 is 0 Å². The molecular formula is C23H33N3O3. The summed E-state index contributed by atoms with van der Waals surface area (Å²) in [5.41, 5.74) is -0.316. The van der Waals surface area contributed by atoms with Crippen molar-refractivity contribution in [1.29, 1.82) is 0 Å². The Balaban J connectivity index is 1.82. The van der Waals surface area contributed by atoms with Crippen molar-refractivity contribution >= 4 is 17.8 Å². The van der Waals surface area contributed by atoms with Gasteiger partial charge < -0.3 is 10.2 Å². The summed E-state index contributed by atoms with van der Waals surface area (Å²) in [7, 11) is 0. The second kappa shape index (κ2) is 8.97. The lowest BCUT2D eigenvalue weighted by atomic mass is 9.85. The van der Waals surface area contributed by atoms with Gasteiger partial charge in [-0.1, -0.05) is 62.9 Å². The van der Waals surface area contributed by atoms with E-state index in [0.29, 0.717) is 6.42 Å². The number of imide groups is 1. The first-order valence-electron chi connectivity index (χ1n) is 10.9. The van der Waals surface area contributed by atoms with Gasteiger partial charge >= 0.3 is 6.03 Å². The highest BCUT2D eigenvalue weighted by Crippen LogP contribution is 2.34. The third-order valence-electron chi connectivity index (χ3n) is 6.17. The summed E-state index contributed by atoms with van der Waals surface area (Å²) in [5.74, 6) is -0.466. The first kappa shape index (κ1) is 21.3. The lowest BCUT2D eigenvalue weighted by Crippen LogP contribution is -2.51. The molecule has 0 spiro atoms. The van der Waals surface area contributed by atoms with Crippen molar-refractivity contribution in [3.8, 4) is 0 Å². The fraction of sp³-hybridized carbons (Fsp3) is 0.609. The van der Waals surface area contributed by atoms with E-state index in [1.165, 1.54) is 6.42 Å². The number of carbonyl (C=O) groups excluding carboxylic acids is 3. The molecule has 3 rings (SSSR count). The predicted molar refractivity (Wildman–Crippen MR) is 112 cm³/mol. The fourth-order valence-electron chi connectivity index (χ4n) is 4.87. The highest BCUT2D eigenvalue weighted by molar-refractivity contribution is 6.09. The monoisotopic (exact) mass is 399 g/mol. The van der Waals surface area contributed by atoms with Crippen LogP contribution >= 0.6 is 0 Å². The molecular weight excluding hydrogens is 366 g/mol. The van der Waals surface area contributed by atoms with Gasteiger partial charge in [-0.25, -0.2) is 4.79 Å². The van der Waals surface area contributed by atoms with E-state index < -0.39 is 11.6 Å². The van der Waals surface area contributed by atoms with Crippen molar-refractivity contribution in [2.75, 3.05) is 6.54 Å². The Kier molecular flexibility index (Phi) is 6.60. The first-order valence-corrected chi connectivity index (χ1v) is 10.9. The summed E-state index contributed by atoms with van der Waals surface area (Å²) in [4.78, 5) is 42.4. The molecule has 1 saturated carbocycles. The Bertz CT molecular complexity index is 743. The average Bonchev–Trinajstić information content (AvgIpc) is 2.95. The number of amides is 4. The van der Waals surface area contributed by atoms with Crippen LogP contribution in [0, 0.1) is 0 Å². The molecule has 1 atom stereocenters. The van der Waals surface area contributed by atoms with Crippen LogP contribution in [0.3, 0.4) is 0 Å². The molecule has 0 bridgehead atoms. The molecule has 0 unspecified atom stereocenters. The van der Waals surface area contributed by atoms with Gasteiger partial charge in [-0.3, -0.25) is 14.5 Å². The molecule has 0 radical (unpaired) electrons. The molecule has 1 saturated heterocycles. The molecule has 1 N–H and O–H groups in total. The van der Waals surface area contributed by atoms with Gasteiger partial charge in [0.25, 0.3) is 5.91 Å². The number of benzene rings is 1. The smallest absolute Gasteiger partial charge is 0.325 e. The van der Waals surface area contributed by atoms with Gasteiger partial charge in [0.05, 0.1) is 0 Å². The number of hydrogen-bond acceptors (Lipinski definition) is 3. The molecule has 1 heterocycles. The molecule has 6 heteroatoms. The van der Waals surface area contributed by atoms with Crippen LogP contribution in [0.2, 0.25) is 0 Å². The van der Waals surface area contributed by atoms with E-state index in [2.05, 4.69) is 5.32 Å². The zero-order chi connectivity index (χ0) is 21.0. The van der Waals surface area contributed by atoms with Gasteiger partial charge in [0, 0.05) is 12.1 Å². The van der Waals surface area contributed by atoms with E-state index in [1.54, 1.807) is 0 Å². The highest BCUT2D eigenvalue weighted by Gasteiger charge is 2.52. The molecule has 6 nitrogen and oxygen atoms in total. The summed E-state index contributed by atoms with van der Waals surface area (Å²) in [5, 5.41) is 2.90. The van der Waals surface area contributed by atoms with Gasteiger partial charge in [-0.05, 0) is 38.7 Å². The number of carbonyl (C=O) groups is 3. The summed E-state index contributed by atoms with van der Waals surface area (Å²) < 4.78 is 0. The van der Waals surface area contributed by atoms with Crippen molar-refractivity contribution in [1.82, 2.24) is 15.1 Å². The number of rotatable bonds is 7. The van der Waals surface area contributed by atoms with Crippen molar-refractivity contribution in [2.24, 2.45) is 0 Å². The normalized spacial score (nSPS) is 22.8. The largest absolute Gasteiger partial charge is 0.336 e. The van der Waals surface area contributed by atoms with Gasteiger partial charge in [-0.15, -0.1) is 0 Å². The summed E-state index contributed by atoms with van der Waals surface area (Å²) in [6.45, 7) is 5.80. The van der Waals surface area contributed by atoms with Crippen molar-refractivity contribution in [3.05, 3.63) is 35.9 Å². The Morgan fingerprint density at radius 3 is 2.41 bits per heavy atom. The maximum Gasteiger partial charge on any atom is 0.325 e. The van der Waals surface area contributed by atoms with E-state index in [1.807, 2.05) is 56.0 Å². The summed E-state index contributed by atoms with van der Waals surface area (Å²) in [6.07, 6.45) is 6.68. The molecule has 1 aliphatic heterocycles. The summed E-state index contributed by atoms with van der Waals surface area (Å²) >= 11 is 0. The molecule has 158 valence electrons. The first-order chi connectivity index (χ1) is 13.9. The SMILES string of the molecule is CCC[C@@]1(c2ccccc2)NC(=O)N(CC(=O)N(C(C)C)C2CCCCC2)C1=O. The van der Waals surface area contributed by atoms with Gasteiger partial charge in [0.15, 0.2) is 0 Å². The highest BCUT2D eigenvalue weighted by atomic mass is 16.2. The summed E-state index contributed by atoms with van der Waals surface area (Å²) in [6, 6.07) is 9.10. The molecule has 2 aliphatic rings. The zero-order valence-corrected chi connectivity index (χ0v) is 17.8. The molecule has 1 aliphatic carbocycles. The van der Waals surface area contributed by atoms with Gasteiger partial charge in [0.2, 0.25) is 5.91 Å². The van der Waals surface area contributed by atoms with Crippen LogP contribution in [0.1, 0.15) is 71.3 Å². The Morgan fingerprint density at radius 1 is 1.17 bits per heavy atom. The van der Waals surface area contributed by atoms with Crippen LogP contribution in [0.5, 0.6) is 0 Å². The zero-order valence-electron chi connectivity index (χ0n) is 17.8. The lowest BCUT2D eigenvalue weighted by Gasteiger charge is -2.38. The quantitative estimate of drug-likeness (QED) is 0.709. The van der Waals surface area contributed by atoms with Crippen LogP contribution in [0.4, 0.5) is 4.79 Å². The van der Waals surface area contributed by atoms with Gasteiger partial charge in [-0.2, -0.15) is 0 Å². The van der Waals surface area contributed by atoms with E-state index in [-0.39, 0.29) is 30.4 Å². The van der Waals surface area contributed by atoms with E-state index in [0.717, 1.165) is 42.6 Å².